The minimum atomic E-state index is 0.465. The van der Waals surface area contributed by atoms with Crippen molar-refractivity contribution in [1.82, 2.24) is 10.2 Å². The highest BCUT2D eigenvalue weighted by atomic mass is 15.2. The molecular formula is C13H18N4. The smallest absolute Gasteiger partial charge is 0.0950 e. The van der Waals surface area contributed by atoms with Crippen molar-refractivity contribution in [2.24, 2.45) is 11.7 Å². The molecule has 17 heavy (non-hydrogen) atoms. The van der Waals surface area contributed by atoms with Crippen LogP contribution in [0, 0.1) is 5.92 Å². The first-order valence-corrected chi connectivity index (χ1v) is 5.84. The quantitative estimate of drug-likeness (QED) is 0.868. The molecule has 0 bridgehead atoms. The molecule has 1 unspecified atom stereocenters. The van der Waals surface area contributed by atoms with Crippen LogP contribution < -0.4 is 10.6 Å². The number of hydrogen-bond donors (Lipinski definition) is 1. The number of rotatable bonds is 4. The number of hydrogen-bond acceptors (Lipinski definition) is 4. The van der Waals surface area contributed by atoms with Crippen LogP contribution in [-0.2, 0) is 0 Å². The van der Waals surface area contributed by atoms with Crippen molar-refractivity contribution in [3.05, 3.63) is 30.5 Å². The highest BCUT2D eigenvalue weighted by Crippen LogP contribution is 2.23. The minimum Gasteiger partial charge on any atom is -0.372 e. The van der Waals surface area contributed by atoms with Crippen LogP contribution in [0.2, 0.25) is 0 Å². The fraction of sp³-hybridized carbons (Fsp3) is 0.385. The van der Waals surface area contributed by atoms with E-state index < -0.39 is 0 Å². The lowest BCUT2D eigenvalue weighted by molar-refractivity contribution is 0.590. The van der Waals surface area contributed by atoms with Gasteiger partial charge >= 0.3 is 0 Å². The molecule has 0 radical (unpaired) electrons. The molecule has 2 N–H and O–H groups in total. The van der Waals surface area contributed by atoms with Crippen LogP contribution in [0.4, 0.5) is 5.69 Å². The van der Waals surface area contributed by atoms with Gasteiger partial charge in [-0.2, -0.15) is 10.2 Å². The van der Waals surface area contributed by atoms with E-state index in [1.807, 2.05) is 24.4 Å². The first kappa shape index (κ1) is 11.8. The molecule has 0 saturated heterocycles. The van der Waals surface area contributed by atoms with Gasteiger partial charge in [-0.3, -0.25) is 0 Å². The van der Waals surface area contributed by atoms with Crippen LogP contribution in [0.25, 0.3) is 10.9 Å². The highest BCUT2D eigenvalue weighted by molar-refractivity contribution is 5.90. The molecule has 2 rings (SSSR count). The van der Waals surface area contributed by atoms with E-state index in [-0.39, 0.29) is 0 Å². The van der Waals surface area contributed by atoms with Crippen molar-refractivity contribution in [3.63, 3.8) is 0 Å². The molecule has 0 aliphatic rings. The zero-order valence-corrected chi connectivity index (χ0v) is 10.3. The maximum Gasteiger partial charge on any atom is 0.0950 e. The summed E-state index contributed by atoms with van der Waals surface area (Å²) in [6.45, 7) is 3.76. The summed E-state index contributed by atoms with van der Waals surface area (Å²) in [7, 11) is 2.07. The summed E-state index contributed by atoms with van der Waals surface area (Å²) in [6, 6.07) is 8.05. The molecule has 4 nitrogen and oxygen atoms in total. The molecule has 90 valence electrons. The predicted molar refractivity (Wildman–Crippen MR) is 71.0 cm³/mol. The predicted octanol–water partition coefficient (Wildman–Crippen LogP) is 1.66. The van der Waals surface area contributed by atoms with Gasteiger partial charge in [-0.1, -0.05) is 25.1 Å². The molecule has 0 aliphatic heterocycles. The largest absolute Gasteiger partial charge is 0.372 e. The summed E-state index contributed by atoms with van der Waals surface area (Å²) >= 11 is 0. The van der Waals surface area contributed by atoms with E-state index in [2.05, 4.69) is 35.1 Å². The van der Waals surface area contributed by atoms with Gasteiger partial charge in [0.15, 0.2) is 0 Å². The Hall–Kier alpha value is -1.68. The fourth-order valence-corrected chi connectivity index (χ4v) is 1.94. The van der Waals surface area contributed by atoms with E-state index in [1.54, 1.807) is 0 Å². The number of benzene rings is 1. The third-order valence-electron chi connectivity index (χ3n) is 2.92. The fourth-order valence-electron chi connectivity index (χ4n) is 1.94. The Labute approximate surface area is 101 Å². The molecule has 1 heterocycles. The van der Waals surface area contributed by atoms with Crippen molar-refractivity contribution in [1.29, 1.82) is 0 Å². The molecule has 1 aromatic carbocycles. The van der Waals surface area contributed by atoms with E-state index >= 15 is 0 Å². The maximum atomic E-state index is 5.66. The van der Waals surface area contributed by atoms with Crippen LogP contribution >= 0.6 is 0 Å². The van der Waals surface area contributed by atoms with E-state index in [0.29, 0.717) is 12.5 Å². The summed E-state index contributed by atoms with van der Waals surface area (Å²) in [4.78, 5) is 2.19. The molecule has 0 spiro atoms. The molecule has 2 aromatic rings. The van der Waals surface area contributed by atoms with Crippen LogP contribution in [0.1, 0.15) is 6.92 Å². The molecule has 1 atom stereocenters. The number of nitrogens with zero attached hydrogens (tertiary/aromatic N) is 3. The number of aromatic nitrogens is 2. The standard InChI is InChI=1S/C13H18N4/c1-10(7-14)9-17(2)13-8-15-16-12-6-4-3-5-11(12)13/h3-6,8,10H,7,9,14H2,1-2H3. The molecule has 4 heteroatoms. The van der Waals surface area contributed by atoms with Crippen LogP contribution in [0.5, 0.6) is 0 Å². The van der Waals surface area contributed by atoms with Gasteiger partial charge in [-0.05, 0) is 18.5 Å². The molecule has 0 saturated carbocycles. The lowest BCUT2D eigenvalue weighted by Gasteiger charge is -2.23. The van der Waals surface area contributed by atoms with Gasteiger partial charge in [0.2, 0.25) is 0 Å². The molecule has 0 fully saturated rings. The summed E-state index contributed by atoms with van der Waals surface area (Å²) in [5.41, 5.74) is 7.69. The second-order valence-corrected chi connectivity index (χ2v) is 4.47. The Morgan fingerprint density at radius 2 is 2.12 bits per heavy atom. The van der Waals surface area contributed by atoms with Crippen LogP contribution in [0.3, 0.4) is 0 Å². The topological polar surface area (TPSA) is 55.0 Å². The number of fused-ring (bicyclic) bond motifs is 1. The second kappa shape index (κ2) is 5.10. The Bertz CT molecular complexity index is 492. The van der Waals surface area contributed by atoms with E-state index in [1.165, 1.54) is 0 Å². The average Bonchev–Trinajstić information content (AvgIpc) is 2.37. The van der Waals surface area contributed by atoms with Crippen molar-refractivity contribution < 1.29 is 0 Å². The van der Waals surface area contributed by atoms with Gasteiger partial charge in [-0.25, -0.2) is 0 Å². The minimum absolute atomic E-state index is 0.465. The highest BCUT2D eigenvalue weighted by Gasteiger charge is 2.09. The van der Waals surface area contributed by atoms with Gasteiger partial charge in [0, 0.05) is 19.0 Å². The maximum absolute atomic E-state index is 5.66. The van der Waals surface area contributed by atoms with Gasteiger partial charge in [0.1, 0.15) is 0 Å². The molecule has 0 amide bonds. The third-order valence-corrected chi connectivity index (χ3v) is 2.92. The van der Waals surface area contributed by atoms with Gasteiger partial charge in [0.05, 0.1) is 17.4 Å². The Kier molecular flexibility index (Phi) is 3.54. The van der Waals surface area contributed by atoms with Crippen molar-refractivity contribution in [3.8, 4) is 0 Å². The monoisotopic (exact) mass is 230 g/mol. The summed E-state index contributed by atoms with van der Waals surface area (Å²) < 4.78 is 0. The van der Waals surface area contributed by atoms with Crippen LogP contribution in [-0.4, -0.2) is 30.3 Å². The first-order valence-electron chi connectivity index (χ1n) is 5.84. The SMILES string of the molecule is CC(CN)CN(C)c1cnnc2ccccc12. The van der Waals surface area contributed by atoms with Gasteiger partial charge in [0.25, 0.3) is 0 Å². The number of nitrogens with two attached hydrogens (primary N) is 1. The summed E-state index contributed by atoms with van der Waals surface area (Å²) in [6.07, 6.45) is 1.81. The van der Waals surface area contributed by atoms with Crippen molar-refractivity contribution in [2.75, 3.05) is 25.0 Å². The lowest BCUT2D eigenvalue weighted by Crippen LogP contribution is -2.28. The van der Waals surface area contributed by atoms with E-state index in [4.69, 9.17) is 5.73 Å². The van der Waals surface area contributed by atoms with Crippen molar-refractivity contribution >= 4 is 16.6 Å². The second-order valence-electron chi connectivity index (χ2n) is 4.47. The third kappa shape index (κ3) is 2.53. The summed E-state index contributed by atoms with van der Waals surface area (Å²) in [5, 5.41) is 9.30. The molecule has 0 aliphatic carbocycles. The normalized spacial score (nSPS) is 12.6. The Balaban J connectivity index is 2.34. The zero-order valence-electron chi connectivity index (χ0n) is 10.3. The Morgan fingerprint density at radius 1 is 1.35 bits per heavy atom. The van der Waals surface area contributed by atoms with E-state index in [0.717, 1.165) is 23.1 Å². The molecule has 1 aromatic heterocycles. The lowest BCUT2D eigenvalue weighted by atomic mass is 10.1. The number of anilines is 1. The average molecular weight is 230 g/mol. The van der Waals surface area contributed by atoms with E-state index in [9.17, 15) is 0 Å². The summed E-state index contributed by atoms with van der Waals surface area (Å²) in [5.74, 6) is 0.465. The first-order chi connectivity index (χ1) is 8.22. The van der Waals surface area contributed by atoms with Crippen LogP contribution in [0.15, 0.2) is 30.5 Å². The Morgan fingerprint density at radius 3 is 2.88 bits per heavy atom. The zero-order chi connectivity index (χ0) is 12.3. The van der Waals surface area contributed by atoms with Gasteiger partial charge < -0.3 is 10.6 Å². The van der Waals surface area contributed by atoms with Gasteiger partial charge in [-0.15, -0.1) is 0 Å². The molecular weight excluding hydrogens is 212 g/mol. The van der Waals surface area contributed by atoms with Crippen molar-refractivity contribution in [2.45, 2.75) is 6.92 Å².